The van der Waals surface area contributed by atoms with Crippen molar-refractivity contribution >= 4 is 52.2 Å². The van der Waals surface area contributed by atoms with Crippen molar-refractivity contribution in [3.63, 3.8) is 0 Å². The topological polar surface area (TPSA) is 84.9 Å². The van der Waals surface area contributed by atoms with Gasteiger partial charge in [0.2, 0.25) is 5.91 Å². The fourth-order valence-corrected chi connectivity index (χ4v) is 4.81. The van der Waals surface area contributed by atoms with Gasteiger partial charge in [0, 0.05) is 16.3 Å². The van der Waals surface area contributed by atoms with Crippen molar-refractivity contribution in [3.05, 3.63) is 92.8 Å². The number of nitrogens with one attached hydrogen (secondary N) is 1. The lowest BCUT2D eigenvalue weighted by Crippen LogP contribution is -2.36. The number of rotatable bonds is 9. The summed E-state index contributed by atoms with van der Waals surface area (Å²) in [7, 11) is 0. The van der Waals surface area contributed by atoms with E-state index < -0.39 is 17.1 Å². The minimum atomic E-state index is -0.520. The quantitative estimate of drug-likeness (QED) is 0.302. The molecule has 3 aromatic carbocycles. The Morgan fingerprint density at radius 1 is 1.03 bits per heavy atom. The number of halogens is 1. The Morgan fingerprint density at radius 2 is 1.82 bits per heavy atom. The number of hydrogen-bond acceptors (Lipinski definition) is 6. The maximum Gasteiger partial charge on any atom is 0.294 e. The summed E-state index contributed by atoms with van der Waals surface area (Å²) in [5.74, 6) is 0.0644. The highest BCUT2D eigenvalue weighted by molar-refractivity contribution is 8.18. The molecule has 1 fully saturated rings. The number of carbonyl (C=O) groups is 3. The van der Waals surface area contributed by atoms with Gasteiger partial charge in [-0.15, -0.1) is 0 Å². The summed E-state index contributed by atoms with van der Waals surface area (Å²) in [6.45, 7) is 6.02. The van der Waals surface area contributed by atoms with E-state index in [2.05, 4.69) is 5.32 Å². The molecule has 1 heterocycles. The van der Waals surface area contributed by atoms with Crippen LogP contribution in [0.2, 0.25) is 5.02 Å². The number of carbonyl (C=O) groups excluding carboxylic acids is 3. The Balaban J connectivity index is 1.46. The molecule has 0 atom stereocenters. The molecule has 1 aliphatic heterocycles. The predicted molar refractivity (Wildman–Crippen MR) is 151 cm³/mol. The van der Waals surface area contributed by atoms with E-state index in [9.17, 15) is 14.4 Å². The monoisotopic (exact) mass is 550 g/mol. The maximum atomic E-state index is 13.0. The number of hydrogen-bond donors (Lipinski definition) is 1. The van der Waals surface area contributed by atoms with Crippen LogP contribution in [0.4, 0.5) is 10.5 Å². The average Bonchev–Trinajstić information content (AvgIpc) is 3.14. The van der Waals surface area contributed by atoms with Crippen molar-refractivity contribution < 1.29 is 23.9 Å². The minimum Gasteiger partial charge on any atom is -0.490 e. The SMILES string of the molecule is CCOc1cc(/C=C2/SC(=O)N(CC(=O)Nc3cccc(C)c3C)C2=O)ccc1OCc1ccccc1Cl. The van der Waals surface area contributed by atoms with Crippen LogP contribution in [0.5, 0.6) is 11.5 Å². The highest BCUT2D eigenvalue weighted by atomic mass is 35.5. The van der Waals surface area contributed by atoms with E-state index in [1.807, 2.05) is 51.1 Å². The molecule has 7 nitrogen and oxygen atoms in total. The highest BCUT2D eigenvalue weighted by Crippen LogP contribution is 2.35. The van der Waals surface area contributed by atoms with E-state index in [-0.39, 0.29) is 18.1 Å². The number of imide groups is 1. The van der Waals surface area contributed by atoms with Crippen LogP contribution in [0, 0.1) is 13.8 Å². The van der Waals surface area contributed by atoms with Crippen LogP contribution in [0.25, 0.3) is 6.08 Å². The molecule has 1 N–H and O–H groups in total. The smallest absolute Gasteiger partial charge is 0.294 e. The zero-order valence-electron chi connectivity index (χ0n) is 21.2. The van der Waals surface area contributed by atoms with E-state index >= 15 is 0 Å². The summed E-state index contributed by atoms with van der Waals surface area (Å²) in [4.78, 5) is 39.3. The Hall–Kier alpha value is -3.75. The van der Waals surface area contributed by atoms with Gasteiger partial charge in [-0.2, -0.15) is 0 Å². The standard InChI is InChI=1S/C29H27ClN2O5S/c1-4-36-25-14-20(12-13-24(25)37-17-21-9-5-6-10-22(21)30)15-26-28(34)32(29(35)38-26)16-27(33)31-23-11-7-8-18(2)19(23)3/h5-15H,4,16-17H2,1-3H3,(H,31,33)/b26-15+. The third-order valence-corrected chi connectivity index (χ3v) is 7.24. The largest absolute Gasteiger partial charge is 0.490 e. The van der Waals surface area contributed by atoms with Crippen molar-refractivity contribution in [1.82, 2.24) is 4.90 Å². The zero-order valence-corrected chi connectivity index (χ0v) is 22.8. The van der Waals surface area contributed by atoms with Gasteiger partial charge >= 0.3 is 0 Å². The Labute approximate surface area is 230 Å². The van der Waals surface area contributed by atoms with Crippen LogP contribution in [0.1, 0.15) is 29.2 Å². The Morgan fingerprint density at radius 3 is 2.58 bits per heavy atom. The molecule has 1 aliphatic rings. The van der Waals surface area contributed by atoms with E-state index in [1.165, 1.54) is 0 Å². The molecule has 0 aliphatic carbocycles. The molecular formula is C29H27ClN2O5S. The summed E-state index contributed by atoms with van der Waals surface area (Å²) in [6, 6.07) is 18.2. The van der Waals surface area contributed by atoms with Crippen LogP contribution in [-0.2, 0) is 16.2 Å². The fourth-order valence-electron chi connectivity index (χ4n) is 3.78. The van der Waals surface area contributed by atoms with E-state index in [0.717, 1.165) is 33.4 Å². The Bertz CT molecular complexity index is 1420. The lowest BCUT2D eigenvalue weighted by atomic mass is 10.1. The Kier molecular flexibility index (Phi) is 8.76. The van der Waals surface area contributed by atoms with Crippen LogP contribution >= 0.6 is 23.4 Å². The van der Waals surface area contributed by atoms with Crippen molar-refractivity contribution in [3.8, 4) is 11.5 Å². The third kappa shape index (κ3) is 6.38. The number of benzene rings is 3. The summed E-state index contributed by atoms with van der Waals surface area (Å²) in [5, 5.41) is 2.90. The number of nitrogens with zero attached hydrogens (tertiary/aromatic N) is 1. The van der Waals surface area contributed by atoms with Gasteiger partial charge in [0.1, 0.15) is 13.2 Å². The molecule has 0 spiro atoms. The zero-order chi connectivity index (χ0) is 27.2. The molecule has 0 radical (unpaired) electrons. The molecular weight excluding hydrogens is 524 g/mol. The van der Waals surface area contributed by atoms with Crippen LogP contribution in [0.15, 0.2) is 65.6 Å². The lowest BCUT2D eigenvalue weighted by Gasteiger charge is -2.14. The van der Waals surface area contributed by atoms with Crippen LogP contribution < -0.4 is 14.8 Å². The second-order valence-corrected chi connectivity index (χ2v) is 9.98. The second kappa shape index (κ2) is 12.2. The highest BCUT2D eigenvalue weighted by Gasteiger charge is 2.36. The number of thioether (sulfide) groups is 1. The molecule has 0 saturated carbocycles. The summed E-state index contributed by atoms with van der Waals surface area (Å²) in [5.41, 5.74) is 4.11. The van der Waals surface area contributed by atoms with Gasteiger partial charge in [-0.05, 0) is 79.6 Å². The first-order valence-corrected chi connectivity index (χ1v) is 13.2. The predicted octanol–water partition coefficient (Wildman–Crippen LogP) is 6.61. The molecule has 0 aromatic heterocycles. The molecule has 4 rings (SSSR count). The van der Waals surface area contributed by atoms with Crippen molar-refractivity contribution in [1.29, 1.82) is 0 Å². The number of ether oxygens (including phenoxy) is 2. The van der Waals surface area contributed by atoms with E-state index in [1.54, 1.807) is 36.4 Å². The molecule has 0 bridgehead atoms. The van der Waals surface area contributed by atoms with Gasteiger partial charge in [0.25, 0.3) is 11.1 Å². The fraction of sp³-hybridized carbons (Fsp3) is 0.207. The molecule has 38 heavy (non-hydrogen) atoms. The summed E-state index contributed by atoms with van der Waals surface area (Å²) in [6.07, 6.45) is 1.61. The van der Waals surface area contributed by atoms with E-state index in [4.69, 9.17) is 21.1 Å². The van der Waals surface area contributed by atoms with Gasteiger partial charge in [0.15, 0.2) is 11.5 Å². The molecule has 9 heteroatoms. The lowest BCUT2D eigenvalue weighted by molar-refractivity contribution is -0.127. The van der Waals surface area contributed by atoms with Gasteiger partial charge in [0.05, 0.1) is 11.5 Å². The number of anilines is 1. The molecule has 3 aromatic rings. The van der Waals surface area contributed by atoms with Crippen LogP contribution in [0.3, 0.4) is 0 Å². The number of amides is 3. The first-order chi connectivity index (χ1) is 18.3. The van der Waals surface area contributed by atoms with Gasteiger partial charge in [-0.1, -0.05) is 48.0 Å². The first kappa shape index (κ1) is 27.3. The molecule has 0 unspecified atom stereocenters. The van der Waals surface area contributed by atoms with E-state index in [0.29, 0.717) is 34.4 Å². The minimum absolute atomic E-state index is 0.224. The van der Waals surface area contributed by atoms with Gasteiger partial charge in [-0.25, -0.2) is 0 Å². The summed E-state index contributed by atoms with van der Waals surface area (Å²) >= 11 is 7.02. The molecule has 3 amide bonds. The first-order valence-electron chi connectivity index (χ1n) is 12.0. The molecule has 196 valence electrons. The van der Waals surface area contributed by atoms with Gasteiger partial charge in [-0.3, -0.25) is 19.3 Å². The maximum absolute atomic E-state index is 13.0. The average molecular weight is 551 g/mol. The second-order valence-electron chi connectivity index (χ2n) is 8.58. The van der Waals surface area contributed by atoms with Crippen molar-refractivity contribution in [2.24, 2.45) is 0 Å². The van der Waals surface area contributed by atoms with Crippen molar-refractivity contribution in [2.45, 2.75) is 27.4 Å². The summed E-state index contributed by atoms with van der Waals surface area (Å²) < 4.78 is 11.7. The third-order valence-electron chi connectivity index (χ3n) is 5.96. The number of aryl methyl sites for hydroxylation is 1. The van der Waals surface area contributed by atoms with Crippen molar-refractivity contribution in [2.75, 3.05) is 18.5 Å². The van der Waals surface area contributed by atoms with Gasteiger partial charge < -0.3 is 14.8 Å². The molecule has 1 saturated heterocycles. The normalized spacial score (nSPS) is 14.2. The van der Waals surface area contributed by atoms with Crippen LogP contribution in [-0.4, -0.2) is 35.1 Å².